The maximum absolute atomic E-state index is 12.8. The third kappa shape index (κ3) is 40.0. The van der Waals surface area contributed by atoms with Crippen molar-refractivity contribution < 1.29 is 38.2 Å². The smallest absolute Gasteiger partial charge is 0.306 e. The summed E-state index contributed by atoms with van der Waals surface area (Å²) in [5, 5.41) is 11.6. The van der Waals surface area contributed by atoms with Crippen LogP contribution in [0.15, 0.2) is 72.9 Å². The predicted octanol–water partition coefficient (Wildman–Crippen LogP) is 11.8. The quantitative estimate of drug-likeness (QED) is 0.0262. The molecule has 0 heterocycles. The minimum atomic E-state index is -1.13. The summed E-state index contributed by atoms with van der Waals surface area (Å²) in [6.45, 7) is 4.41. The monoisotopic (exact) mass is 826 g/mol. The van der Waals surface area contributed by atoms with Crippen LogP contribution >= 0.6 is 0 Å². The average molecular weight is 826 g/mol. The van der Waals surface area contributed by atoms with Gasteiger partial charge in [-0.05, 0) is 77.0 Å². The standard InChI is InChI=1S/C51H87NO7/c1-6-8-10-12-14-16-18-20-22-23-24-25-26-27-28-30-32-34-36-38-40-42-50(54)59-47(45-57-44-43-48(51(55)56)52(3,4)5)46-58-49(53)41-39-37-35-33-31-29-21-19-17-15-13-11-9-7-2/h8-11,14-17,20-22,29,47-48H,6-7,12-13,18-19,23-28,30-46H2,1-5H3/b10-8+,11-9+,16-14+,17-15+,22-20+,29-21+. The van der Waals surface area contributed by atoms with Crippen molar-refractivity contribution in [1.82, 2.24) is 0 Å². The number of nitrogens with zero attached hydrogens (tertiary/aromatic N) is 1. The van der Waals surface area contributed by atoms with Crippen molar-refractivity contribution in [2.75, 3.05) is 41.0 Å². The van der Waals surface area contributed by atoms with Gasteiger partial charge in [0.05, 0.1) is 40.3 Å². The maximum Gasteiger partial charge on any atom is 0.306 e. The number of likely N-dealkylation sites (N-methyl/N-ethyl adjacent to an activating group) is 1. The fraction of sp³-hybridized carbons (Fsp3) is 0.706. The van der Waals surface area contributed by atoms with E-state index in [0.717, 1.165) is 89.9 Å². The molecule has 2 unspecified atom stereocenters. The number of hydrogen-bond acceptors (Lipinski definition) is 7. The van der Waals surface area contributed by atoms with E-state index in [0.29, 0.717) is 12.8 Å². The Bertz CT molecular complexity index is 1190. The molecule has 0 aliphatic carbocycles. The largest absolute Gasteiger partial charge is 0.544 e. The summed E-state index contributed by atoms with van der Waals surface area (Å²) in [5.74, 6) is -1.77. The lowest BCUT2D eigenvalue weighted by Gasteiger charge is -2.34. The normalized spacial score (nSPS) is 13.6. The molecule has 0 rings (SSSR count). The molecular formula is C51H87NO7. The summed E-state index contributed by atoms with van der Waals surface area (Å²) in [5.41, 5.74) is 0. The fourth-order valence-electron chi connectivity index (χ4n) is 6.51. The highest BCUT2D eigenvalue weighted by molar-refractivity contribution is 5.70. The Balaban J connectivity index is 4.30. The van der Waals surface area contributed by atoms with Gasteiger partial charge in [0, 0.05) is 19.3 Å². The van der Waals surface area contributed by atoms with E-state index in [1.54, 1.807) is 21.1 Å². The van der Waals surface area contributed by atoms with Crippen molar-refractivity contribution in [2.24, 2.45) is 0 Å². The van der Waals surface area contributed by atoms with Gasteiger partial charge in [-0.15, -0.1) is 0 Å². The fourth-order valence-corrected chi connectivity index (χ4v) is 6.51. The third-order valence-corrected chi connectivity index (χ3v) is 10.1. The summed E-state index contributed by atoms with van der Waals surface area (Å²) in [6, 6.07) is -0.732. The zero-order chi connectivity index (χ0) is 43.5. The van der Waals surface area contributed by atoms with E-state index in [9.17, 15) is 19.5 Å². The number of rotatable bonds is 41. The Kier molecular flexibility index (Phi) is 39.2. The highest BCUT2D eigenvalue weighted by Gasteiger charge is 2.25. The van der Waals surface area contributed by atoms with E-state index >= 15 is 0 Å². The lowest BCUT2D eigenvalue weighted by Crippen LogP contribution is -2.55. The Labute approximate surface area is 361 Å². The van der Waals surface area contributed by atoms with Crippen LogP contribution in [0.5, 0.6) is 0 Å². The minimum absolute atomic E-state index is 0.0294. The highest BCUT2D eigenvalue weighted by atomic mass is 16.6. The Morgan fingerprint density at radius 1 is 0.508 bits per heavy atom. The number of carboxylic acids is 1. The van der Waals surface area contributed by atoms with Gasteiger partial charge in [-0.3, -0.25) is 9.59 Å². The van der Waals surface area contributed by atoms with Crippen LogP contribution in [0, 0.1) is 0 Å². The van der Waals surface area contributed by atoms with Gasteiger partial charge < -0.3 is 28.6 Å². The lowest BCUT2D eigenvalue weighted by molar-refractivity contribution is -0.889. The second kappa shape index (κ2) is 41.5. The maximum atomic E-state index is 12.8. The van der Waals surface area contributed by atoms with Crippen LogP contribution in [0.2, 0.25) is 0 Å². The van der Waals surface area contributed by atoms with E-state index < -0.39 is 18.1 Å². The molecule has 59 heavy (non-hydrogen) atoms. The first-order valence-corrected chi connectivity index (χ1v) is 23.5. The van der Waals surface area contributed by atoms with Crippen molar-refractivity contribution in [3.63, 3.8) is 0 Å². The van der Waals surface area contributed by atoms with Gasteiger partial charge in [0.1, 0.15) is 12.6 Å². The number of carbonyl (C=O) groups excluding carboxylic acids is 3. The molecule has 0 bridgehead atoms. The topological polar surface area (TPSA) is 102 Å². The molecule has 0 aromatic carbocycles. The second-order valence-corrected chi connectivity index (χ2v) is 16.6. The first-order chi connectivity index (χ1) is 28.6. The Morgan fingerprint density at radius 2 is 0.898 bits per heavy atom. The molecule has 8 nitrogen and oxygen atoms in total. The molecule has 0 aromatic heterocycles. The van der Waals surface area contributed by atoms with E-state index in [1.807, 2.05) is 0 Å². The van der Waals surface area contributed by atoms with Gasteiger partial charge in [-0.2, -0.15) is 0 Å². The van der Waals surface area contributed by atoms with Gasteiger partial charge in [0.25, 0.3) is 0 Å². The molecule has 0 aromatic rings. The molecule has 0 N–H and O–H groups in total. The number of allylic oxidation sites excluding steroid dienone is 12. The van der Waals surface area contributed by atoms with Gasteiger partial charge >= 0.3 is 11.9 Å². The molecule has 2 atom stereocenters. The van der Waals surface area contributed by atoms with Crippen LogP contribution in [0.1, 0.15) is 181 Å². The van der Waals surface area contributed by atoms with Crippen LogP contribution in [0.3, 0.4) is 0 Å². The van der Waals surface area contributed by atoms with E-state index in [2.05, 4.69) is 86.8 Å². The summed E-state index contributed by atoms with van der Waals surface area (Å²) in [7, 11) is 5.40. The number of unbranched alkanes of at least 4 members (excludes halogenated alkanes) is 15. The molecule has 0 fully saturated rings. The summed E-state index contributed by atoms with van der Waals surface area (Å²) in [4.78, 5) is 36.9. The first kappa shape index (κ1) is 55.8. The van der Waals surface area contributed by atoms with Crippen molar-refractivity contribution in [3.05, 3.63) is 72.9 Å². The average Bonchev–Trinajstić information content (AvgIpc) is 3.19. The molecule has 0 aliphatic rings. The van der Waals surface area contributed by atoms with Crippen molar-refractivity contribution in [2.45, 2.75) is 193 Å². The number of quaternary nitrogens is 1. The number of carboxylic acid groups (broad SMARTS) is 1. The SMILES string of the molecule is CC/C=C/C/C=C/C/C=C/CCCCCCCCCCCCCC(=O)OC(COCCC(C(=O)[O-])[N+](C)(C)C)COC(=O)CCCCCC/C=C/C/C=C/C/C=C/CC. The van der Waals surface area contributed by atoms with Crippen molar-refractivity contribution >= 4 is 17.9 Å². The van der Waals surface area contributed by atoms with Gasteiger partial charge in [-0.1, -0.05) is 157 Å². The van der Waals surface area contributed by atoms with Gasteiger partial charge in [0.15, 0.2) is 6.10 Å². The van der Waals surface area contributed by atoms with Crippen LogP contribution in [-0.4, -0.2) is 75.5 Å². The molecule has 0 saturated carbocycles. The van der Waals surface area contributed by atoms with E-state index in [-0.39, 0.29) is 42.7 Å². The molecule has 0 amide bonds. The van der Waals surface area contributed by atoms with Crippen molar-refractivity contribution in [1.29, 1.82) is 0 Å². The van der Waals surface area contributed by atoms with Crippen LogP contribution in [0.25, 0.3) is 0 Å². The van der Waals surface area contributed by atoms with Crippen molar-refractivity contribution in [3.8, 4) is 0 Å². The molecule has 0 aliphatic heterocycles. The van der Waals surface area contributed by atoms with Gasteiger partial charge in [-0.25, -0.2) is 0 Å². The molecular weight excluding hydrogens is 739 g/mol. The molecule has 0 saturated heterocycles. The number of carbonyl (C=O) groups is 3. The highest BCUT2D eigenvalue weighted by Crippen LogP contribution is 2.14. The second-order valence-electron chi connectivity index (χ2n) is 16.6. The van der Waals surface area contributed by atoms with Crippen LogP contribution in [0.4, 0.5) is 0 Å². The van der Waals surface area contributed by atoms with Crippen LogP contribution < -0.4 is 5.11 Å². The zero-order valence-corrected chi connectivity index (χ0v) is 38.4. The van der Waals surface area contributed by atoms with E-state index in [4.69, 9.17) is 14.2 Å². The number of ether oxygens (including phenoxy) is 3. The molecule has 0 spiro atoms. The molecule has 0 radical (unpaired) electrons. The molecule has 8 heteroatoms. The zero-order valence-electron chi connectivity index (χ0n) is 38.4. The summed E-state index contributed by atoms with van der Waals surface area (Å²) >= 11 is 0. The lowest BCUT2D eigenvalue weighted by atomic mass is 10.0. The van der Waals surface area contributed by atoms with Crippen LogP contribution in [-0.2, 0) is 28.6 Å². The van der Waals surface area contributed by atoms with E-state index in [1.165, 1.54) is 57.8 Å². The predicted molar refractivity (Wildman–Crippen MR) is 245 cm³/mol. The number of esters is 2. The summed E-state index contributed by atoms with van der Waals surface area (Å²) < 4.78 is 17.2. The van der Waals surface area contributed by atoms with Gasteiger partial charge in [0.2, 0.25) is 0 Å². The number of hydrogen-bond donors (Lipinski definition) is 0. The first-order valence-electron chi connectivity index (χ1n) is 23.5. The Hall–Kier alpha value is -3.23. The number of aliphatic carboxylic acids is 1. The summed E-state index contributed by atoms with van der Waals surface area (Å²) in [6.07, 6.45) is 52.1. The minimum Gasteiger partial charge on any atom is -0.544 e. The third-order valence-electron chi connectivity index (χ3n) is 10.1. The molecule has 338 valence electrons. The Morgan fingerprint density at radius 3 is 1.32 bits per heavy atom.